The molecule has 3 rings (SSSR count). The van der Waals surface area contributed by atoms with E-state index >= 15 is 0 Å². The highest BCUT2D eigenvalue weighted by Gasteiger charge is 2.32. The molecule has 0 aliphatic carbocycles. The van der Waals surface area contributed by atoms with Gasteiger partial charge in [0.15, 0.2) is 0 Å². The number of nitrogens with zero attached hydrogens (tertiary/aromatic N) is 1. The van der Waals surface area contributed by atoms with Gasteiger partial charge < -0.3 is 0 Å². The van der Waals surface area contributed by atoms with Gasteiger partial charge in [-0.3, -0.25) is 24.7 Å². The molecule has 7 nitrogen and oxygen atoms in total. The first-order valence-electron chi connectivity index (χ1n) is 8.15. The molecule has 0 spiro atoms. The van der Waals surface area contributed by atoms with Gasteiger partial charge in [0.1, 0.15) is 5.82 Å². The van der Waals surface area contributed by atoms with Crippen molar-refractivity contribution in [3.63, 3.8) is 0 Å². The van der Waals surface area contributed by atoms with Gasteiger partial charge in [0.25, 0.3) is 11.8 Å². The summed E-state index contributed by atoms with van der Waals surface area (Å²) in [4.78, 5) is 24.2. The summed E-state index contributed by atoms with van der Waals surface area (Å²) in [7, 11) is -3.40. The summed E-state index contributed by atoms with van der Waals surface area (Å²) in [5.74, 6) is -1.59. The molecule has 0 radical (unpaired) electrons. The number of fused-ring (bicyclic) bond motifs is 1. The topological polar surface area (TPSA) is 95.6 Å². The molecule has 1 aliphatic heterocycles. The Morgan fingerprint density at radius 3 is 2.19 bits per heavy atom. The van der Waals surface area contributed by atoms with Crippen molar-refractivity contribution in [3.05, 3.63) is 65.0 Å². The molecule has 142 valence electrons. The van der Waals surface area contributed by atoms with Crippen molar-refractivity contribution in [3.8, 4) is 0 Å². The van der Waals surface area contributed by atoms with E-state index in [1.807, 2.05) is 0 Å². The standard InChI is InChI=1S/C18H18FN3O4S/c1-11-9-14-10-13(5-8-16(14)22(11)27(2,25)26)18(24)21-20-17(23)12-3-6-15(19)7-4-12/h3-8,10-11H,9H2,1-2H3,(H,20,23)(H,21,24)/t11-/m1/s1. The minimum atomic E-state index is -3.40. The maximum atomic E-state index is 12.9. The number of amides is 2. The van der Waals surface area contributed by atoms with E-state index in [1.165, 1.54) is 22.5 Å². The molecule has 0 aromatic heterocycles. The van der Waals surface area contributed by atoms with Gasteiger partial charge in [0, 0.05) is 17.2 Å². The largest absolute Gasteiger partial charge is 0.269 e. The molecule has 0 fully saturated rings. The number of hydrazine groups is 1. The first-order valence-corrected chi connectivity index (χ1v) is 10.0. The second-order valence-electron chi connectivity index (χ2n) is 6.37. The third-order valence-corrected chi connectivity index (χ3v) is 5.52. The minimum absolute atomic E-state index is 0.197. The zero-order valence-electron chi connectivity index (χ0n) is 14.7. The van der Waals surface area contributed by atoms with Crippen LogP contribution in [-0.2, 0) is 16.4 Å². The quantitative estimate of drug-likeness (QED) is 0.777. The molecule has 1 heterocycles. The number of rotatable bonds is 3. The summed E-state index contributed by atoms with van der Waals surface area (Å²) in [6, 6.07) is 9.34. The fourth-order valence-corrected chi connectivity index (χ4v) is 4.37. The van der Waals surface area contributed by atoms with E-state index in [2.05, 4.69) is 10.9 Å². The lowest BCUT2D eigenvalue weighted by atomic mass is 10.1. The monoisotopic (exact) mass is 391 g/mol. The van der Waals surface area contributed by atoms with Crippen LogP contribution in [0, 0.1) is 5.82 Å². The Kier molecular flexibility index (Phi) is 4.88. The van der Waals surface area contributed by atoms with E-state index < -0.39 is 27.7 Å². The number of sulfonamides is 1. The molecule has 0 saturated carbocycles. The third kappa shape index (κ3) is 3.92. The van der Waals surface area contributed by atoms with Gasteiger partial charge in [-0.1, -0.05) is 0 Å². The van der Waals surface area contributed by atoms with Gasteiger partial charge in [-0.25, -0.2) is 12.8 Å². The Balaban J connectivity index is 1.71. The lowest BCUT2D eigenvalue weighted by Crippen LogP contribution is -2.41. The van der Waals surface area contributed by atoms with Crippen LogP contribution in [0.2, 0.25) is 0 Å². The molecule has 2 aromatic rings. The van der Waals surface area contributed by atoms with Crippen LogP contribution in [0.25, 0.3) is 0 Å². The Morgan fingerprint density at radius 1 is 1.04 bits per heavy atom. The van der Waals surface area contributed by atoms with Gasteiger partial charge >= 0.3 is 0 Å². The number of hydrogen-bond donors (Lipinski definition) is 2. The van der Waals surface area contributed by atoms with Crippen LogP contribution in [-0.4, -0.2) is 32.5 Å². The summed E-state index contributed by atoms with van der Waals surface area (Å²) in [6.45, 7) is 1.80. The molecular weight excluding hydrogens is 373 g/mol. The zero-order valence-corrected chi connectivity index (χ0v) is 15.5. The highest BCUT2D eigenvalue weighted by atomic mass is 32.2. The van der Waals surface area contributed by atoms with Gasteiger partial charge in [-0.05, 0) is 61.4 Å². The molecule has 2 aromatic carbocycles. The maximum absolute atomic E-state index is 12.9. The molecular formula is C18H18FN3O4S. The highest BCUT2D eigenvalue weighted by Crippen LogP contribution is 2.34. The van der Waals surface area contributed by atoms with E-state index in [0.717, 1.165) is 24.0 Å². The number of halogens is 1. The predicted molar refractivity (Wildman–Crippen MR) is 98.3 cm³/mol. The van der Waals surface area contributed by atoms with Crippen molar-refractivity contribution in [2.45, 2.75) is 19.4 Å². The van der Waals surface area contributed by atoms with E-state index in [4.69, 9.17) is 0 Å². The number of anilines is 1. The van der Waals surface area contributed by atoms with Crippen molar-refractivity contribution in [2.24, 2.45) is 0 Å². The molecule has 1 atom stereocenters. The summed E-state index contributed by atoms with van der Waals surface area (Å²) < 4.78 is 38.1. The van der Waals surface area contributed by atoms with Gasteiger partial charge in [0.05, 0.1) is 11.9 Å². The van der Waals surface area contributed by atoms with Gasteiger partial charge in [-0.2, -0.15) is 0 Å². The van der Waals surface area contributed by atoms with Gasteiger partial charge in [0.2, 0.25) is 10.0 Å². The number of benzene rings is 2. The fourth-order valence-electron chi connectivity index (χ4n) is 3.11. The van der Waals surface area contributed by atoms with Crippen LogP contribution < -0.4 is 15.2 Å². The molecule has 2 N–H and O–H groups in total. The number of hydrogen-bond acceptors (Lipinski definition) is 4. The smallest absolute Gasteiger partial charge is 0.267 e. The molecule has 0 bridgehead atoms. The van der Waals surface area contributed by atoms with Crippen molar-refractivity contribution in [1.29, 1.82) is 0 Å². The summed E-state index contributed by atoms with van der Waals surface area (Å²) in [5.41, 5.74) is 6.33. The van der Waals surface area contributed by atoms with Crippen molar-refractivity contribution in [1.82, 2.24) is 10.9 Å². The zero-order chi connectivity index (χ0) is 19.8. The van der Waals surface area contributed by atoms with Crippen LogP contribution in [0.3, 0.4) is 0 Å². The van der Waals surface area contributed by atoms with Crippen LogP contribution in [0.4, 0.5) is 10.1 Å². The molecule has 1 aliphatic rings. The third-order valence-electron chi connectivity index (χ3n) is 4.25. The molecule has 9 heteroatoms. The summed E-state index contributed by atoms with van der Waals surface area (Å²) in [5, 5.41) is 0. The molecule has 0 unspecified atom stereocenters. The average molecular weight is 391 g/mol. The van der Waals surface area contributed by atoms with E-state index in [9.17, 15) is 22.4 Å². The van der Waals surface area contributed by atoms with Crippen LogP contribution >= 0.6 is 0 Å². The summed E-state index contributed by atoms with van der Waals surface area (Å²) in [6.07, 6.45) is 1.63. The summed E-state index contributed by atoms with van der Waals surface area (Å²) >= 11 is 0. The normalized spacial score (nSPS) is 16.0. The Morgan fingerprint density at radius 2 is 1.59 bits per heavy atom. The van der Waals surface area contributed by atoms with Crippen molar-refractivity contribution < 1.29 is 22.4 Å². The highest BCUT2D eigenvalue weighted by molar-refractivity contribution is 7.92. The van der Waals surface area contributed by atoms with Crippen molar-refractivity contribution >= 4 is 27.5 Å². The SMILES string of the molecule is C[C@@H]1Cc2cc(C(=O)NNC(=O)c3ccc(F)cc3)ccc2N1S(C)(=O)=O. The molecule has 27 heavy (non-hydrogen) atoms. The maximum Gasteiger partial charge on any atom is 0.269 e. The first kappa shape index (κ1) is 18.8. The predicted octanol–water partition coefficient (Wildman–Crippen LogP) is 1.61. The Labute approximate surface area is 156 Å². The van der Waals surface area contributed by atoms with Crippen LogP contribution in [0.15, 0.2) is 42.5 Å². The molecule has 2 amide bonds. The second-order valence-corrected chi connectivity index (χ2v) is 8.23. The molecule has 0 saturated heterocycles. The number of nitrogens with one attached hydrogen (secondary N) is 2. The van der Waals surface area contributed by atoms with Crippen LogP contribution in [0.5, 0.6) is 0 Å². The lowest BCUT2D eigenvalue weighted by Gasteiger charge is -2.21. The number of carbonyl (C=O) groups is 2. The van der Waals surface area contributed by atoms with Crippen LogP contribution in [0.1, 0.15) is 33.2 Å². The lowest BCUT2D eigenvalue weighted by molar-refractivity contribution is 0.0846. The van der Waals surface area contributed by atoms with Gasteiger partial charge in [-0.15, -0.1) is 0 Å². The van der Waals surface area contributed by atoms with E-state index in [0.29, 0.717) is 12.1 Å². The van der Waals surface area contributed by atoms with Crippen molar-refractivity contribution in [2.75, 3.05) is 10.6 Å². The number of carbonyl (C=O) groups excluding carboxylic acids is 2. The van der Waals surface area contributed by atoms with E-state index in [-0.39, 0.29) is 17.2 Å². The Hall–Kier alpha value is -2.94. The minimum Gasteiger partial charge on any atom is -0.267 e. The Bertz CT molecular complexity index is 1010. The second kappa shape index (κ2) is 6.99. The average Bonchev–Trinajstić information content (AvgIpc) is 2.94. The fraction of sp³-hybridized carbons (Fsp3) is 0.222. The first-order chi connectivity index (χ1) is 12.7. The van der Waals surface area contributed by atoms with E-state index in [1.54, 1.807) is 19.1 Å².